The van der Waals surface area contributed by atoms with Crippen molar-refractivity contribution in [1.29, 1.82) is 5.41 Å². The van der Waals surface area contributed by atoms with Crippen molar-refractivity contribution in [3.63, 3.8) is 0 Å². The standard InChI is InChI=1S/C14H14FN3O2S/c1-18(12-8-4-2-6-10(12)14(16)17)21(19,20)13-9-5-3-7-11(13)15/h2-9H,1H3,(H3,16,17). The molecule has 0 radical (unpaired) electrons. The van der Waals surface area contributed by atoms with Crippen molar-refractivity contribution in [2.45, 2.75) is 4.90 Å². The van der Waals surface area contributed by atoms with Gasteiger partial charge in [-0.25, -0.2) is 12.8 Å². The predicted molar refractivity (Wildman–Crippen MR) is 79.4 cm³/mol. The first kappa shape index (κ1) is 15.0. The number of nitrogens with one attached hydrogen (secondary N) is 1. The topological polar surface area (TPSA) is 87.2 Å². The summed E-state index contributed by atoms with van der Waals surface area (Å²) in [6, 6.07) is 11.4. The van der Waals surface area contributed by atoms with Gasteiger partial charge < -0.3 is 5.73 Å². The first-order chi connectivity index (χ1) is 9.85. The number of para-hydroxylation sites is 1. The van der Waals surface area contributed by atoms with E-state index in [-0.39, 0.29) is 17.1 Å². The molecule has 0 spiro atoms. The Morgan fingerprint density at radius 3 is 2.33 bits per heavy atom. The van der Waals surface area contributed by atoms with Crippen molar-refractivity contribution < 1.29 is 12.8 Å². The molecule has 0 fully saturated rings. The van der Waals surface area contributed by atoms with Gasteiger partial charge in [0.2, 0.25) is 0 Å². The number of anilines is 1. The van der Waals surface area contributed by atoms with Crippen molar-refractivity contribution in [1.82, 2.24) is 0 Å². The molecule has 2 aromatic rings. The number of halogens is 1. The van der Waals surface area contributed by atoms with Crippen LogP contribution in [0.2, 0.25) is 0 Å². The summed E-state index contributed by atoms with van der Waals surface area (Å²) >= 11 is 0. The minimum Gasteiger partial charge on any atom is -0.384 e. The third kappa shape index (κ3) is 2.73. The van der Waals surface area contributed by atoms with Crippen LogP contribution in [-0.2, 0) is 10.0 Å². The van der Waals surface area contributed by atoms with Crippen molar-refractivity contribution in [3.8, 4) is 0 Å². The summed E-state index contributed by atoms with van der Waals surface area (Å²) in [5.41, 5.74) is 5.93. The fraction of sp³-hybridized carbons (Fsp3) is 0.0714. The normalized spacial score (nSPS) is 11.1. The Morgan fingerprint density at radius 2 is 1.71 bits per heavy atom. The molecule has 21 heavy (non-hydrogen) atoms. The van der Waals surface area contributed by atoms with E-state index in [1.807, 2.05) is 0 Å². The van der Waals surface area contributed by atoms with E-state index in [0.29, 0.717) is 0 Å². The number of amidine groups is 1. The van der Waals surface area contributed by atoms with Gasteiger partial charge in [-0.1, -0.05) is 24.3 Å². The second-order valence-electron chi connectivity index (χ2n) is 4.33. The number of nitrogens with zero attached hydrogens (tertiary/aromatic N) is 1. The van der Waals surface area contributed by atoms with Crippen LogP contribution in [0.15, 0.2) is 53.4 Å². The summed E-state index contributed by atoms with van der Waals surface area (Å²) in [6.07, 6.45) is 0. The van der Waals surface area contributed by atoms with Crippen LogP contribution in [0.1, 0.15) is 5.56 Å². The maximum absolute atomic E-state index is 13.7. The number of rotatable bonds is 4. The lowest BCUT2D eigenvalue weighted by Crippen LogP contribution is -2.29. The van der Waals surface area contributed by atoms with Crippen molar-refractivity contribution in [3.05, 3.63) is 59.9 Å². The molecule has 0 amide bonds. The average molecular weight is 307 g/mol. The molecule has 0 heterocycles. The third-order valence-electron chi connectivity index (χ3n) is 3.01. The van der Waals surface area contributed by atoms with E-state index in [4.69, 9.17) is 11.1 Å². The van der Waals surface area contributed by atoms with Crippen LogP contribution in [0.4, 0.5) is 10.1 Å². The molecular formula is C14H14FN3O2S. The predicted octanol–water partition coefficient (Wildman–Crippen LogP) is 1.93. The van der Waals surface area contributed by atoms with Gasteiger partial charge in [0.1, 0.15) is 16.5 Å². The number of hydrogen-bond acceptors (Lipinski definition) is 3. The molecule has 2 aromatic carbocycles. The van der Waals surface area contributed by atoms with Crippen molar-refractivity contribution in [2.75, 3.05) is 11.4 Å². The number of hydrogen-bond donors (Lipinski definition) is 2. The average Bonchev–Trinajstić information content (AvgIpc) is 2.46. The molecule has 2 rings (SSSR count). The first-order valence-corrected chi connectivity index (χ1v) is 7.46. The van der Waals surface area contributed by atoms with Gasteiger partial charge in [0.15, 0.2) is 0 Å². The summed E-state index contributed by atoms with van der Waals surface area (Å²) in [6.45, 7) is 0. The second-order valence-corrected chi connectivity index (χ2v) is 6.27. The van der Waals surface area contributed by atoms with Crippen LogP contribution in [0.5, 0.6) is 0 Å². The molecule has 110 valence electrons. The van der Waals surface area contributed by atoms with Crippen molar-refractivity contribution >= 4 is 21.5 Å². The molecule has 0 saturated heterocycles. The number of benzene rings is 2. The molecule has 0 aliphatic heterocycles. The highest BCUT2D eigenvalue weighted by molar-refractivity contribution is 7.92. The molecule has 0 aliphatic rings. The van der Waals surface area contributed by atoms with Crippen LogP contribution in [0, 0.1) is 11.2 Å². The first-order valence-electron chi connectivity index (χ1n) is 6.02. The van der Waals surface area contributed by atoms with Gasteiger partial charge in [0.05, 0.1) is 5.69 Å². The van der Waals surface area contributed by atoms with E-state index in [9.17, 15) is 12.8 Å². The van der Waals surface area contributed by atoms with E-state index < -0.39 is 20.7 Å². The lowest BCUT2D eigenvalue weighted by Gasteiger charge is -2.22. The number of nitrogens with two attached hydrogens (primary N) is 1. The van der Waals surface area contributed by atoms with E-state index in [1.165, 1.54) is 37.4 Å². The lowest BCUT2D eigenvalue weighted by atomic mass is 10.1. The summed E-state index contributed by atoms with van der Waals surface area (Å²) in [5.74, 6) is -1.09. The Balaban J connectivity index is 2.57. The zero-order chi connectivity index (χ0) is 15.6. The zero-order valence-electron chi connectivity index (χ0n) is 11.2. The van der Waals surface area contributed by atoms with E-state index >= 15 is 0 Å². The fourth-order valence-electron chi connectivity index (χ4n) is 1.91. The van der Waals surface area contributed by atoms with Gasteiger partial charge in [-0.15, -0.1) is 0 Å². The molecular weight excluding hydrogens is 293 g/mol. The van der Waals surface area contributed by atoms with Gasteiger partial charge >= 0.3 is 0 Å². The zero-order valence-corrected chi connectivity index (χ0v) is 12.1. The molecule has 3 N–H and O–H groups in total. The van der Waals surface area contributed by atoms with Gasteiger partial charge in [0, 0.05) is 12.6 Å². The highest BCUT2D eigenvalue weighted by Crippen LogP contribution is 2.26. The van der Waals surface area contributed by atoms with Gasteiger partial charge in [0.25, 0.3) is 10.0 Å². The summed E-state index contributed by atoms with van der Waals surface area (Å²) in [7, 11) is -2.78. The summed E-state index contributed by atoms with van der Waals surface area (Å²) in [5, 5.41) is 7.50. The van der Waals surface area contributed by atoms with Gasteiger partial charge in [-0.2, -0.15) is 0 Å². The Kier molecular flexibility index (Phi) is 3.95. The monoisotopic (exact) mass is 307 g/mol. The van der Waals surface area contributed by atoms with E-state index in [1.54, 1.807) is 12.1 Å². The Hall–Kier alpha value is -2.41. The van der Waals surface area contributed by atoms with Crippen LogP contribution in [-0.4, -0.2) is 21.3 Å². The molecule has 0 unspecified atom stereocenters. The minimum absolute atomic E-state index is 0.216. The summed E-state index contributed by atoms with van der Waals surface area (Å²) in [4.78, 5) is -0.425. The minimum atomic E-state index is -4.07. The van der Waals surface area contributed by atoms with Crippen LogP contribution < -0.4 is 10.0 Å². The maximum Gasteiger partial charge on any atom is 0.267 e. The Labute approximate surface area is 122 Å². The Morgan fingerprint density at radius 1 is 1.14 bits per heavy atom. The van der Waals surface area contributed by atoms with Crippen LogP contribution in [0.3, 0.4) is 0 Å². The fourth-order valence-corrected chi connectivity index (χ4v) is 3.19. The van der Waals surface area contributed by atoms with Gasteiger partial charge in [-0.3, -0.25) is 9.71 Å². The highest BCUT2D eigenvalue weighted by Gasteiger charge is 2.26. The summed E-state index contributed by atoms with van der Waals surface area (Å²) < 4.78 is 39.7. The smallest absolute Gasteiger partial charge is 0.267 e. The third-order valence-corrected chi connectivity index (χ3v) is 4.81. The van der Waals surface area contributed by atoms with Crippen LogP contribution >= 0.6 is 0 Å². The highest BCUT2D eigenvalue weighted by atomic mass is 32.2. The largest absolute Gasteiger partial charge is 0.384 e. The van der Waals surface area contributed by atoms with E-state index in [0.717, 1.165) is 10.4 Å². The number of sulfonamides is 1. The molecule has 0 saturated carbocycles. The molecule has 0 aliphatic carbocycles. The van der Waals surface area contributed by atoms with E-state index in [2.05, 4.69) is 0 Å². The lowest BCUT2D eigenvalue weighted by molar-refractivity contribution is 0.566. The quantitative estimate of drug-likeness (QED) is 0.668. The van der Waals surface area contributed by atoms with Crippen molar-refractivity contribution in [2.24, 2.45) is 5.73 Å². The van der Waals surface area contributed by atoms with Crippen LogP contribution in [0.25, 0.3) is 0 Å². The molecule has 0 atom stereocenters. The number of nitrogen functional groups attached to an aromatic ring is 1. The molecule has 0 bridgehead atoms. The van der Waals surface area contributed by atoms with Gasteiger partial charge in [-0.05, 0) is 24.3 Å². The molecule has 7 heteroatoms. The maximum atomic E-state index is 13.7. The molecule has 0 aromatic heterocycles. The Bertz CT molecular complexity index is 790. The second kappa shape index (κ2) is 5.53. The SMILES string of the molecule is CN(c1ccccc1C(=N)N)S(=O)(=O)c1ccccc1F. The molecule has 5 nitrogen and oxygen atoms in total.